The lowest BCUT2D eigenvalue weighted by molar-refractivity contribution is -0.305. The Hall–Kier alpha value is -1.34. The average Bonchev–Trinajstić information content (AvgIpc) is 3.05. The van der Waals surface area contributed by atoms with Gasteiger partial charge in [-0.25, -0.2) is 0 Å². The third-order valence-electron chi connectivity index (χ3n) is 11.6. The standard InChI is InChI=1S/C36H66N2O13/c1-13-25-36(10,44)29(40)22(6)38(11)17-18(2)15-34(8,43)31(51-33-27(39)24(37-45)14-19(3)47-33)20(4)28(21(5)32(42)49-25)50-26-16-35(9,46-12)30(41)23(7)48-26/h18-26,28-31,33,37,40-41,43-45H,13-17H2,1-12H3/t18-,19?,20+,21-,22-,23?,24?,25-,26?,28+,29-,30?,31-,33?,34-,35?,36-/m1/s1. The number of ether oxygens (including phenoxy) is 6. The van der Waals surface area contributed by atoms with Crippen molar-refractivity contribution in [1.29, 1.82) is 0 Å². The first-order chi connectivity index (χ1) is 23.5. The molecule has 51 heavy (non-hydrogen) atoms. The van der Waals surface area contributed by atoms with Gasteiger partial charge in [0.1, 0.15) is 23.9 Å². The average molecular weight is 735 g/mol. The maximum atomic E-state index is 14.1. The summed E-state index contributed by atoms with van der Waals surface area (Å²) in [6, 6.07) is -1.53. The molecule has 3 aliphatic heterocycles. The van der Waals surface area contributed by atoms with Crippen LogP contribution < -0.4 is 5.48 Å². The second kappa shape index (κ2) is 17.4. The Balaban J connectivity index is 2.17. The predicted octanol–water partition coefficient (Wildman–Crippen LogP) is 1.53. The topological polar surface area (TPSA) is 206 Å². The van der Waals surface area contributed by atoms with E-state index >= 15 is 0 Å². The molecule has 3 heterocycles. The van der Waals surface area contributed by atoms with Crippen molar-refractivity contribution in [2.45, 2.75) is 179 Å². The van der Waals surface area contributed by atoms with E-state index < -0.39 is 108 Å². The fourth-order valence-corrected chi connectivity index (χ4v) is 8.23. The molecule has 0 aromatic rings. The van der Waals surface area contributed by atoms with Crippen molar-refractivity contribution in [3.05, 3.63) is 0 Å². The number of aliphatic hydroxyl groups is 4. The minimum Gasteiger partial charge on any atom is -0.459 e. The third-order valence-corrected chi connectivity index (χ3v) is 11.6. The van der Waals surface area contributed by atoms with E-state index in [-0.39, 0.29) is 31.6 Å². The number of carbonyl (C=O) groups excluding carboxylic acids is 2. The number of nitrogens with one attached hydrogen (secondary N) is 1. The van der Waals surface area contributed by atoms with Crippen molar-refractivity contribution in [3.8, 4) is 0 Å². The largest absolute Gasteiger partial charge is 0.459 e. The van der Waals surface area contributed by atoms with Crippen molar-refractivity contribution < 1.29 is 63.6 Å². The Morgan fingerprint density at radius 3 is 2.16 bits per heavy atom. The summed E-state index contributed by atoms with van der Waals surface area (Å²) in [5, 5.41) is 56.1. The first-order valence-electron chi connectivity index (χ1n) is 18.4. The van der Waals surface area contributed by atoms with Crippen molar-refractivity contribution >= 4 is 11.8 Å². The summed E-state index contributed by atoms with van der Waals surface area (Å²) in [4.78, 5) is 29.4. The first-order valence-corrected chi connectivity index (χ1v) is 18.4. The predicted molar refractivity (Wildman–Crippen MR) is 184 cm³/mol. The molecule has 0 aromatic carbocycles. The molecule has 15 nitrogen and oxygen atoms in total. The maximum Gasteiger partial charge on any atom is 0.311 e. The van der Waals surface area contributed by atoms with E-state index in [2.05, 4.69) is 0 Å². The Morgan fingerprint density at radius 1 is 0.961 bits per heavy atom. The zero-order valence-corrected chi connectivity index (χ0v) is 32.6. The molecule has 0 aromatic heterocycles. The van der Waals surface area contributed by atoms with Crippen LogP contribution >= 0.6 is 0 Å². The Morgan fingerprint density at radius 2 is 1.59 bits per heavy atom. The van der Waals surface area contributed by atoms with E-state index in [1.807, 2.05) is 17.3 Å². The molecular formula is C36H66N2O13. The zero-order chi connectivity index (χ0) is 38.8. The van der Waals surface area contributed by atoms with Crippen LogP contribution in [-0.2, 0) is 38.0 Å². The number of esters is 1. The number of ketones is 1. The van der Waals surface area contributed by atoms with Gasteiger partial charge in [0.25, 0.3) is 0 Å². The normalized spacial score (nSPS) is 48.8. The monoisotopic (exact) mass is 734 g/mol. The molecule has 3 saturated heterocycles. The van der Waals surface area contributed by atoms with E-state index in [1.165, 1.54) is 14.0 Å². The minimum atomic E-state index is -1.83. The SMILES string of the molecule is CC[C@H]1OC(=O)[C@H](C)[C@@H](OC2CC(C)(OC)C(O)C(C)O2)[C@H](C)[C@@H](OC2OC(C)CC(NO)C2=O)[C@](C)(O)C[C@@H](C)CN(C)[C@H](C)[C@@H](O)[C@]1(C)O. The van der Waals surface area contributed by atoms with Crippen LogP contribution in [-0.4, -0.2) is 147 Å². The number of likely N-dealkylation sites (N-methyl/N-ethyl adjacent to an activating group) is 1. The molecule has 7 unspecified atom stereocenters. The minimum absolute atomic E-state index is 0.0905. The van der Waals surface area contributed by atoms with E-state index in [4.69, 9.17) is 28.4 Å². The fourth-order valence-electron chi connectivity index (χ4n) is 8.23. The third kappa shape index (κ3) is 9.86. The lowest BCUT2D eigenvalue weighted by atomic mass is 9.77. The van der Waals surface area contributed by atoms with Gasteiger partial charge in [-0.15, -0.1) is 0 Å². The highest BCUT2D eigenvalue weighted by molar-refractivity contribution is 5.87. The van der Waals surface area contributed by atoms with Gasteiger partial charge in [-0.2, -0.15) is 5.48 Å². The van der Waals surface area contributed by atoms with E-state index in [1.54, 1.807) is 62.4 Å². The summed E-state index contributed by atoms with van der Waals surface area (Å²) >= 11 is 0. The highest BCUT2D eigenvalue weighted by Gasteiger charge is 2.52. The number of aliphatic hydroxyl groups excluding tert-OH is 2. The van der Waals surface area contributed by atoms with Crippen molar-refractivity contribution in [2.24, 2.45) is 17.8 Å². The van der Waals surface area contributed by atoms with Gasteiger partial charge in [-0.05, 0) is 80.7 Å². The van der Waals surface area contributed by atoms with Crippen LogP contribution in [0, 0.1) is 17.8 Å². The van der Waals surface area contributed by atoms with Crippen molar-refractivity contribution in [2.75, 3.05) is 20.7 Å². The molecule has 3 fully saturated rings. The molecule has 0 radical (unpaired) electrons. The van der Waals surface area contributed by atoms with Crippen LogP contribution in [0.5, 0.6) is 0 Å². The molecule has 3 aliphatic rings. The van der Waals surface area contributed by atoms with Crippen LogP contribution in [0.4, 0.5) is 0 Å². The number of nitrogens with zero attached hydrogens (tertiary/aromatic N) is 1. The number of rotatable bonds is 7. The first kappa shape index (κ1) is 44.1. The number of methoxy groups -OCH3 is 1. The van der Waals surface area contributed by atoms with E-state index in [0.29, 0.717) is 6.54 Å². The van der Waals surface area contributed by atoms with Crippen molar-refractivity contribution in [1.82, 2.24) is 10.4 Å². The number of hydroxylamine groups is 1. The quantitative estimate of drug-likeness (QED) is 0.162. The van der Waals surface area contributed by atoms with Gasteiger partial charge >= 0.3 is 5.97 Å². The lowest BCUT2D eigenvalue weighted by Gasteiger charge is -2.47. The molecule has 0 bridgehead atoms. The summed E-state index contributed by atoms with van der Waals surface area (Å²) in [5.41, 5.74) is -2.50. The molecule has 3 rings (SSSR count). The molecule has 6 N–H and O–H groups in total. The summed E-state index contributed by atoms with van der Waals surface area (Å²) in [6.07, 6.45) is -8.66. The fraction of sp³-hybridized carbons (Fsp3) is 0.944. The highest BCUT2D eigenvalue weighted by Crippen LogP contribution is 2.39. The molecule has 17 atom stereocenters. The van der Waals surface area contributed by atoms with Crippen LogP contribution in [0.25, 0.3) is 0 Å². The molecule has 15 heteroatoms. The van der Waals surface area contributed by atoms with Gasteiger partial charge in [0, 0.05) is 32.0 Å². The van der Waals surface area contributed by atoms with Gasteiger partial charge in [0.2, 0.25) is 12.1 Å². The van der Waals surface area contributed by atoms with Crippen LogP contribution in [0.15, 0.2) is 0 Å². The van der Waals surface area contributed by atoms with Crippen LogP contribution in [0.3, 0.4) is 0 Å². The molecule has 0 aliphatic carbocycles. The van der Waals surface area contributed by atoms with Crippen LogP contribution in [0.2, 0.25) is 0 Å². The number of hydrogen-bond acceptors (Lipinski definition) is 15. The zero-order valence-electron chi connectivity index (χ0n) is 32.6. The summed E-state index contributed by atoms with van der Waals surface area (Å²) in [6.45, 7) is 17.4. The van der Waals surface area contributed by atoms with Crippen LogP contribution in [0.1, 0.15) is 94.9 Å². The van der Waals surface area contributed by atoms with Crippen molar-refractivity contribution in [3.63, 3.8) is 0 Å². The lowest BCUT2D eigenvalue weighted by Crippen LogP contribution is -2.60. The Labute approximate surface area is 303 Å². The Kier molecular flexibility index (Phi) is 15.0. The number of hydrogen-bond donors (Lipinski definition) is 6. The number of cyclic esters (lactones) is 1. The molecule has 0 amide bonds. The summed E-state index contributed by atoms with van der Waals surface area (Å²) < 4.78 is 36.7. The molecule has 298 valence electrons. The molecular weight excluding hydrogens is 668 g/mol. The smallest absolute Gasteiger partial charge is 0.311 e. The molecule has 0 spiro atoms. The molecule has 0 saturated carbocycles. The second-order valence-corrected chi connectivity index (χ2v) is 16.2. The maximum absolute atomic E-state index is 14.1. The second-order valence-electron chi connectivity index (χ2n) is 16.2. The van der Waals surface area contributed by atoms with E-state index in [0.717, 1.165) is 0 Å². The van der Waals surface area contributed by atoms with Gasteiger partial charge in [0.05, 0.1) is 47.6 Å². The number of carbonyl (C=O) groups is 2. The van der Waals surface area contributed by atoms with Gasteiger partial charge in [0.15, 0.2) is 6.29 Å². The van der Waals surface area contributed by atoms with Gasteiger partial charge < -0.3 is 59.0 Å². The highest BCUT2D eigenvalue weighted by atomic mass is 16.7. The Bertz CT molecular complexity index is 1160. The summed E-state index contributed by atoms with van der Waals surface area (Å²) in [5.74, 6) is -3.42. The van der Waals surface area contributed by atoms with Gasteiger partial charge in [-0.3, -0.25) is 9.59 Å². The van der Waals surface area contributed by atoms with Gasteiger partial charge in [-0.1, -0.05) is 20.8 Å². The number of Topliss-reactive ketones (excluding diaryl/α,β-unsaturated/α-hetero) is 1. The van der Waals surface area contributed by atoms with E-state index in [9.17, 15) is 35.2 Å². The summed E-state index contributed by atoms with van der Waals surface area (Å²) in [7, 11) is 3.28.